The molecule has 1 rings (SSSR count). The Bertz CT molecular complexity index is 288. The Hall–Kier alpha value is -0.610. The maximum Gasteiger partial charge on any atom is 0.226 e. The highest BCUT2D eigenvalue weighted by atomic mass is 16.2. The molecule has 1 aliphatic heterocycles. The van der Waals surface area contributed by atoms with Crippen LogP contribution in [0.1, 0.15) is 40.0 Å². The molecule has 19 heavy (non-hydrogen) atoms. The predicted octanol–water partition coefficient (Wildman–Crippen LogP) is 1.55. The average molecular weight is 269 g/mol. The summed E-state index contributed by atoms with van der Waals surface area (Å²) in [7, 11) is 4.23. The summed E-state index contributed by atoms with van der Waals surface area (Å²) >= 11 is 0. The van der Waals surface area contributed by atoms with E-state index in [4.69, 9.17) is 5.73 Å². The van der Waals surface area contributed by atoms with E-state index in [0.29, 0.717) is 12.6 Å². The van der Waals surface area contributed by atoms with Crippen molar-refractivity contribution in [3.05, 3.63) is 0 Å². The van der Waals surface area contributed by atoms with Crippen LogP contribution in [0.4, 0.5) is 0 Å². The molecule has 0 saturated carbocycles. The van der Waals surface area contributed by atoms with Gasteiger partial charge in [0, 0.05) is 25.7 Å². The Kier molecular flexibility index (Phi) is 5.81. The molecule has 2 N–H and O–H groups in total. The Balaban J connectivity index is 2.53. The summed E-state index contributed by atoms with van der Waals surface area (Å²) in [6.07, 6.45) is 3.02. The minimum atomic E-state index is -0.0177. The fourth-order valence-corrected chi connectivity index (χ4v) is 2.87. The molecular formula is C15H31N3O. The van der Waals surface area contributed by atoms with E-state index in [1.54, 1.807) is 0 Å². The van der Waals surface area contributed by atoms with Crippen molar-refractivity contribution in [1.29, 1.82) is 0 Å². The van der Waals surface area contributed by atoms with E-state index in [1.807, 2.05) is 4.90 Å². The molecule has 1 fully saturated rings. The van der Waals surface area contributed by atoms with Gasteiger partial charge >= 0.3 is 0 Å². The van der Waals surface area contributed by atoms with Gasteiger partial charge in [0.1, 0.15) is 0 Å². The van der Waals surface area contributed by atoms with Gasteiger partial charge in [-0.2, -0.15) is 0 Å². The first-order chi connectivity index (χ1) is 8.74. The van der Waals surface area contributed by atoms with E-state index in [-0.39, 0.29) is 17.2 Å². The molecule has 1 heterocycles. The standard InChI is InChI=1S/C15H31N3O/c1-15(2,3)10-12(11-16)14(19)18-8-6-13(7-9-18)17(4)5/h12-13H,6-11,16H2,1-5H3. The fraction of sp³-hybridized carbons (Fsp3) is 0.933. The molecule has 1 unspecified atom stereocenters. The molecule has 0 radical (unpaired) electrons. The summed E-state index contributed by atoms with van der Waals surface area (Å²) in [4.78, 5) is 16.8. The van der Waals surface area contributed by atoms with Gasteiger partial charge in [-0.25, -0.2) is 0 Å². The molecule has 0 spiro atoms. The van der Waals surface area contributed by atoms with Crippen molar-refractivity contribution in [3.8, 4) is 0 Å². The smallest absolute Gasteiger partial charge is 0.226 e. The SMILES string of the molecule is CN(C)C1CCN(C(=O)C(CN)CC(C)(C)C)CC1. The van der Waals surface area contributed by atoms with Crippen molar-refractivity contribution >= 4 is 5.91 Å². The maximum atomic E-state index is 12.5. The number of carbonyl (C=O) groups excluding carboxylic acids is 1. The summed E-state index contributed by atoms with van der Waals surface area (Å²) in [5.74, 6) is 0.241. The topological polar surface area (TPSA) is 49.6 Å². The lowest BCUT2D eigenvalue weighted by molar-refractivity contribution is -0.137. The molecule has 0 aromatic heterocycles. The molecule has 1 saturated heterocycles. The minimum Gasteiger partial charge on any atom is -0.342 e. The quantitative estimate of drug-likeness (QED) is 0.842. The van der Waals surface area contributed by atoms with E-state index < -0.39 is 0 Å². The van der Waals surface area contributed by atoms with Gasteiger partial charge in [-0.05, 0) is 38.8 Å². The number of hydrogen-bond acceptors (Lipinski definition) is 3. The van der Waals surface area contributed by atoms with Gasteiger partial charge in [-0.1, -0.05) is 20.8 Å². The number of rotatable bonds is 4. The third-order valence-electron chi connectivity index (χ3n) is 4.00. The van der Waals surface area contributed by atoms with Crippen molar-refractivity contribution in [3.63, 3.8) is 0 Å². The summed E-state index contributed by atoms with van der Waals surface area (Å²) in [5.41, 5.74) is 5.96. The van der Waals surface area contributed by atoms with Crippen molar-refractivity contribution in [2.75, 3.05) is 33.7 Å². The lowest BCUT2D eigenvalue weighted by Gasteiger charge is -2.37. The number of nitrogens with zero attached hydrogens (tertiary/aromatic N) is 2. The van der Waals surface area contributed by atoms with E-state index in [9.17, 15) is 4.79 Å². The number of piperidine rings is 1. The zero-order chi connectivity index (χ0) is 14.6. The zero-order valence-electron chi connectivity index (χ0n) is 13.3. The first-order valence-corrected chi connectivity index (χ1v) is 7.40. The highest BCUT2D eigenvalue weighted by molar-refractivity contribution is 5.79. The molecule has 0 bridgehead atoms. The average Bonchev–Trinajstić information content (AvgIpc) is 2.34. The number of hydrogen-bond donors (Lipinski definition) is 1. The van der Waals surface area contributed by atoms with E-state index in [0.717, 1.165) is 32.4 Å². The Morgan fingerprint density at radius 1 is 1.32 bits per heavy atom. The monoisotopic (exact) mass is 269 g/mol. The summed E-state index contributed by atoms with van der Waals surface area (Å²) in [6, 6.07) is 0.614. The molecule has 4 nitrogen and oxygen atoms in total. The van der Waals surface area contributed by atoms with Crippen LogP contribution in [0.2, 0.25) is 0 Å². The Morgan fingerprint density at radius 3 is 2.21 bits per heavy atom. The van der Waals surface area contributed by atoms with Gasteiger partial charge in [0.25, 0.3) is 0 Å². The molecule has 1 amide bonds. The van der Waals surface area contributed by atoms with E-state index in [2.05, 4.69) is 39.8 Å². The highest BCUT2D eigenvalue weighted by Gasteiger charge is 2.30. The Morgan fingerprint density at radius 2 is 1.84 bits per heavy atom. The second-order valence-electron chi connectivity index (χ2n) is 7.22. The molecule has 1 aliphatic rings. The van der Waals surface area contributed by atoms with Crippen LogP contribution in [-0.4, -0.2) is 55.5 Å². The largest absolute Gasteiger partial charge is 0.342 e. The van der Waals surface area contributed by atoms with Gasteiger partial charge in [0.15, 0.2) is 0 Å². The van der Waals surface area contributed by atoms with Gasteiger partial charge in [0.2, 0.25) is 5.91 Å². The van der Waals surface area contributed by atoms with Crippen molar-refractivity contribution in [2.45, 2.75) is 46.1 Å². The molecule has 0 aliphatic carbocycles. The summed E-state index contributed by atoms with van der Waals surface area (Å²) in [6.45, 7) is 8.72. The van der Waals surface area contributed by atoms with Crippen molar-refractivity contribution in [1.82, 2.24) is 9.80 Å². The van der Waals surface area contributed by atoms with E-state index >= 15 is 0 Å². The minimum absolute atomic E-state index is 0.0177. The molecule has 0 aromatic rings. The molecule has 0 aromatic carbocycles. The molecular weight excluding hydrogens is 238 g/mol. The van der Waals surface area contributed by atoms with Gasteiger partial charge < -0.3 is 15.5 Å². The lowest BCUT2D eigenvalue weighted by Crippen LogP contribution is -2.48. The van der Waals surface area contributed by atoms with Crippen LogP contribution in [0.3, 0.4) is 0 Å². The summed E-state index contributed by atoms with van der Waals surface area (Å²) < 4.78 is 0. The third kappa shape index (κ3) is 5.11. The highest BCUT2D eigenvalue weighted by Crippen LogP contribution is 2.26. The summed E-state index contributed by atoms with van der Waals surface area (Å²) in [5, 5.41) is 0. The van der Waals surface area contributed by atoms with Gasteiger partial charge in [-0.15, -0.1) is 0 Å². The first-order valence-electron chi connectivity index (χ1n) is 7.40. The van der Waals surface area contributed by atoms with Crippen molar-refractivity contribution < 1.29 is 4.79 Å². The fourth-order valence-electron chi connectivity index (χ4n) is 2.87. The van der Waals surface area contributed by atoms with Crippen LogP contribution < -0.4 is 5.73 Å². The lowest BCUT2D eigenvalue weighted by atomic mass is 9.83. The zero-order valence-corrected chi connectivity index (χ0v) is 13.3. The van der Waals surface area contributed by atoms with Crippen LogP contribution in [0.5, 0.6) is 0 Å². The van der Waals surface area contributed by atoms with Crippen LogP contribution in [0.15, 0.2) is 0 Å². The maximum absolute atomic E-state index is 12.5. The predicted molar refractivity (Wildman–Crippen MR) is 79.9 cm³/mol. The van der Waals surface area contributed by atoms with Crippen LogP contribution in [0, 0.1) is 11.3 Å². The molecule has 1 atom stereocenters. The first kappa shape index (κ1) is 16.4. The van der Waals surface area contributed by atoms with Crippen molar-refractivity contribution in [2.24, 2.45) is 17.1 Å². The van der Waals surface area contributed by atoms with Crippen LogP contribution in [-0.2, 0) is 4.79 Å². The molecule has 4 heteroatoms. The molecule has 112 valence electrons. The third-order valence-corrected chi connectivity index (χ3v) is 4.00. The number of nitrogens with two attached hydrogens (primary N) is 1. The van der Waals surface area contributed by atoms with Gasteiger partial charge in [0.05, 0.1) is 5.92 Å². The number of carbonyl (C=O) groups is 1. The number of amides is 1. The second-order valence-corrected chi connectivity index (χ2v) is 7.22. The van der Waals surface area contributed by atoms with Gasteiger partial charge in [-0.3, -0.25) is 4.79 Å². The van der Waals surface area contributed by atoms with E-state index in [1.165, 1.54) is 0 Å². The normalized spacial score (nSPS) is 19.8. The van der Waals surface area contributed by atoms with Crippen LogP contribution >= 0.6 is 0 Å². The Labute approximate surface area is 118 Å². The van der Waals surface area contributed by atoms with Crippen LogP contribution in [0.25, 0.3) is 0 Å². The second kappa shape index (κ2) is 6.71. The number of likely N-dealkylation sites (tertiary alicyclic amines) is 1.